The van der Waals surface area contributed by atoms with Gasteiger partial charge >= 0.3 is 0 Å². The van der Waals surface area contributed by atoms with Crippen molar-refractivity contribution in [1.29, 1.82) is 0 Å². The van der Waals surface area contributed by atoms with Gasteiger partial charge < -0.3 is 4.74 Å². The fourth-order valence-corrected chi connectivity index (χ4v) is 5.15. The number of hydrogen-bond donors (Lipinski definition) is 2. The second kappa shape index (κ2) is 7.34. The van der Waals surface area contributed by atoms with Gasteiger partial charge in [0.15, 0.2) is 0 Å². The van der Waals surface area contributed by atoms with Gasteiger partial charge in [0.05, 0.1) is 19.0 Å². The SMILES string of the molecule is O=S(=O)(NCCS(=O)(=O)N1CCOCC1)NC1CCCC1. The van der Waals surface area contributed by atoms with E-state index in [1.54, 1.807) is 0 Å². The molecule has 8 nitrogen and oxygen atoms in total. The van der Waals surface area contributed by atoms with Crippen molar-refractivity contribution >= 4 is 20.2 Å². The zero-order valence-corrected chi connectivity index (χ0v) is 13.6. The Labute approximate surface area is 126 Å². The van der Waals surface area contributed by atoms with E-state index in [0.29, 0.717) is 26.3 Å². The Balaban J connectivity index is 1.76. The van der Waals surface area contributed by atoms with Gasteiger partial charge in [-0.3, -0.25) is 0 Å². The quantitative estimate of drug-likeness (QED) is 0.619. The lowest BCUT2D eigenvalue weighted by Crippen LogP contribution is -2.46. The molecule has 2 fully saturated rings. The smallest absolute Gasteiger partial charge is 0.277 e. The van der Waals surface area contributed by atoms with Crippen molar-refractivity contribution in [3.05, 3.63) is 0 Å². The van der Waals surface area contributed by atoms with Crippen molar-refractivity contribution in [2.24, 2.45) is 0 Å². The Morgan fingerprint density at radius 3 is 2.29 bits per heavy atom. The van der Waals surface area contributed by atoms with Gasteiger partial charge in [-0.15, -0.1) is 0 Å². The van der Waals surface area contributed by atoms with Gasteiger partial charge in [-0.25, -0.2) is 13.1 Å². The van der Waals surface area contributed by atoms with Crippen molar-refractivity contribution in [3.8, 4) is 0 Å². The molecule has 0 aromatic heterocycles. The van der Waals surface area contributed by atoms with E-state index in [1.807, 2.05) is 0 Å². The molecule has 2 aliphatic rings. The van der Waals surface area contributed by atoms with Gasteiger partial charge in [-0.05, 0) is 12.8 Å². The molecule has 0 aromatic carbocycles. The lowest BCUT2D eigenvalue weighted by molar-refractivity contribution is 0.0730. The minimum atomic E-state index is -3.63. The van der Waals surface area contributed by atoms with Gasteiger partial charge in [0.25, 0.3) is 10.2 Å². The second-order valence-corrected chi connectivity index (χ2v) is 8.94. The summed E-state index contributed by atoms with van der Waals surface area (Å²) < 4.78 is 59.0. The first-order valence-corrected chi connectivity index (χ1v) is 10.3. The summed E-state index contributed by atoms with van der Waals surface area (Å²) in [5.74, 6) is -0.238. The van der Waals surface area contributed by atoms with Crippen LogP contribution in [0.3, 0.4) is 0 Å². The van der Waals surface area contributed by atoms with Gasteiger partial charge in [-0.1, -0.05) is 12.8 Å². The normalized spacial score (nSPS) is 22.7. The van der Waals surface area contributed by atoms with Gasteiger partial charge in [0.2, 0.25) is 10.0 Å². The van der Waals surface area contributed by atoms with Crippen LogP contribution in [-0.4, -0.2) is 65.8 Å². The number of hydrogen-bond acceptors (Lipinski definition) is 5. The molecule has 0 bridgehead atoms. The average Bonchev–Trinajstić information content (AvgIpc) is 2.91. The van der Waals surface area contributed by atoms with Crippen LogP contribution in [0.1, 0.15) is 25.7 Å². The molecule has 0 radical (unpaired) electrons. The highest BCUT2D eigenvalue weighted by atomic mass is 32.2. The zero-order chi connectivity index (χ0) is 15.3. The molecule has 1 saturated carbocycles. The molecule has 0 amide bonds. The Morgan fingerprint density at radius 2 is 1.67 bits per heavy atom. The number of nitrogens with zero attached hydrogens (tertiary/aromatic N) is 1. The van der Waals surface area contributed by atoms with Crippen LogP contribution in [0.15, 0.2) is 0 Å². The summed E-state index contributed by atoms with van der Waals surface area (Å²) in [5.41, 5.74) is 0. The highest BCUT2D eigenvalue weighted by Gasteiger charge is 2.25. The van der Waals surface area contributed by atoms with Crippen LogP contribution in [0.4, 0.5) is 0 Å². The van der Waals surface area contributed by atoms with Crippen LogP contribution in [0.2, 0.25) is 0 Å². The third-order valence-corrected chi connectivity index (χ3v) is 6.79. The van der Waals surface area contributed by atoms with E-state index in [0.717, 1.165) is 25.7 Å². The Kier molecular flexibility index (Phi) is 5.97. The van der Waals surface area contributed by atoms with Crippen molar-refractivity contribution in [2.45, 2.75) is 31.7 Å². The monoisotopic (exact) mass is 341 g/mol. The van der Waals surface area contributed by atoms with Gasteiger partial charge in [-0.2, -0.15) is 17.4 Å². The van der Waals surface area contributed by atoms with Gasteiger partial charge in [0.1, 0.15) is 0 Å². The second-order valence-electron chi connectivity index (χ2n) is 5.32. The number of rotatable bonds is 7. The third-order valence-electron chi connectivity index (χ3n) is 3.69. The highest BCUT2D eigenvalue weighted by molar-refractivity contribution is 7.89. The first kappa shape index (κ1) is 17.1. The van der Waals surface area contributed by atoms with E-state index in [-0.39, 0.29) is 18.3 Å². The molecule has 21 heavy (non-hydrogen) atoms. The fraction of sp³-hybridized carbons (Fsp3) is 1.00. The van der Waals surface area contributed by atoms with E-state index in [4.69, 9.17) is 4.74 Å². The first-order valence-electron chi connectivity index (χ1n) is 7.21. The molecule has 2 rings (SSSR count). The molecule has 1 aliphatic carbocycles. The summed E-state index contributed by atoms with van der Waals surface area (Å²) in [4.78, 5) is 0. The third kappa shape index (κ3) is 5.46. The minimum Gasteiger partial charge on any atom is -0.379 e. The average molecular weight is 341 g/mol. The molecule has 1 aliphatic heterocycles. The summed E-state index contributed by atoms with van der Waals surface area (Å²) in [6, 6.07) is -0.0293. The molecule has 10 heteroatoms. The number of morpholine rings is 1. The molecule has 0 unspecified atom stereocenters. The maximum absolute atomic E-state index is 12.0. The fourth-order valence-electron chi connectivity index (χ4n) is 2.56. The maximum Gasteiger partial charge on any atom is 0.277 e. The summed E-state index contributed by atoms with van der Waals surface area (Å²) in [5, 5.41) is 0. The molecular weight excluding hydrogens is 318 g/mol. The zero-order valence-electron chi connectivity index (χ0n) is 12.0. The van der Waals surface area contributed by atoms with Gasteiger partial charge in [0, 0.05) is 25.7 Å². The topological polar surface area (TPSA) is 105 Å². The predicted octanol–water partition coefficient (Wildman–Crippen LogP) is -0.985. The van der Waals surface area contributed by atoms with Crippen molar-refractivity contribution in [2.75, 3.05) is 38.6 Å². The summed E-state index contributed by atoms with van der Waals surface area (Å²) >= 11 is 0. The molecule has 2 N–H and O–H groups in total. The first-order chi connectivity index (χ1) is 9.89. The number of ether oxygens (including phenoxy) is 1. The van der Waals surface area contributed by atoms with Crippen molar-refractivity contribution < 1.29 is 21.6 Å². The van der Waals surface area contributed by atoms with Crippen LogP contribution in [0.25, 0.3) is 0 Å². The highest BCUT2D eigenvalue weighted by Crippen LogP contribution is 2.18. The molecule has 0 spiro atoms. The van der Waals surface area contributed by atoms with Crippen LogP contribution in [-0.2, 0) is 25.0 Å². The van der Waals surface area contributed by atoms with E-state index >= 15 is 0 Å². The summed E-state index contributed by atoms with van der Waals surface area (Å²) in [6.45, 7) is 1.30. The minimum absolute atomic E-state index is 0.0293. The van der Waals surface area contributed by atoms with Crippen molar-refractivity contribution in [3.63, 3.8) is 0 Å². The van der Waals surface area contributed by atoms with Crippen LogP contribution in [0, 0.1) is 0 Å². The van der Waals surface area contributed by atoms with E-state index < -0.39 is 20.2 Å². The Morgan fingerprint density at radius 1 is 1.05 bits per heavy atom. The van der Waals surface area contributed by atoms with E-state index in [2.05, 4.69) is 9.44 Å². The van der Waals surface area contributed by atoms with Crippen LogP contribution < -0.4 is 9.44 Å². The summed E-state index contributed by atoms with van der Waals surface area (Å²) in [6.07, 6.45) is 3.73. The molecule has 1 heterocycles. The Bertz CT molecular complexity index is 522. The maximum atomic E-state index is 12.0. The lowest BCUT2D eigenvalue weighted by Gasteiger charge is -2.26. The molecule has 0 atom stereocenters. The standard InChI is InChI=1S/C11H23N3O5S2/c15-20(16,14-6-8-19-9-7-14)10-5-12-21(17,18)13-11-3-1-2-4-11/h11-13H,1-10H2. The van der Waals surface area contributed by atoms with Crippen molar-refractivity contribution in [1.82, 2.24) is 13.7 Å². The summed E-state index contributed by atoms with van der Waals surface area (Å²) in [7, 11) is -7.06. The Hall–Kier alpha value is -0.260. The largest absolute Gasteiger partial charge is 0.379 e. The molecule has 124 valence electrons. The van der Waals surface area contributed by atoms with Crippen LogP contribution in [0.5, 0.6) is 0 Å². The molecule has 0 aromatic rings. The van der Waals surface area contributed by atoms with E-state index in [1.165, 1.54) is 4.31 Å². The molecular formula is C11H23N3O5S2. The van der Waals surface area contributed by atoms with Crippen LogP contribution >= 0.6 is 0 Å². The number of sulfonamides is 1. The van der Waals surface area contributed by atoms with E-state index in [9.17, 15) is 16.8 Å². The molecule has 1 saturated heterocycles. The lowest BCUT2D eigenvalue weighted by atomic mass is 10.3. The predicted molar refractivity (Wildman–Crippen MR) is 78.5 cm³/mol. The number of nitrogens with one attached hydrogen (secondary N) is 2.